The second-order valence-electron chi connectivity index (χ2n) is 5.43. The lowest BCUT2D eigenvalue weighted by Gasteiger charge is -2.09. The molecule has 2 aromatic carbocycles. The van der Waals surface area contributed by atoms with Crippen LogP contribution in [-0.2, 0) is 0 Å². The number of carbonyl (C=O) groups is 1. The smallest absolute Gasteiger partial charge is 0.263 e. The van der Waals surface area contributed by atoms with Crippen molar-refractivity contribution >= 4 is 28.0 Å². The Balaban J connectivity index is 1.99. The van der Waals surface area contributed by atoms with Crippen LogP contribution in [0.5, 0.6) is 5.75 Å². The Hall–Kier alpha value is -2.81. The van der Waals surface area contributed by atoms with Gasteiger partial charge >= 0.3 is 0 Å². The maximum Gasteiger partial charge on any atom is 0.263 e. The van der Waals surface area contributed by atoms with E-state index in [-0.39, 0.29) is 5.91 Å². The zero-order valence-electron chi connectivity index (χ0n) is 12.5. The normalized spacial score (nSPS) is 13.8. The van der Waals surface area contributed by atoms with Gasteiger partial charge in [0.2, 0.25) is 0 Å². The molecule has 3 aromatic rings. The Kier molecular flexibility index (Phi) is 2.70. The lowest BCUT2D eigenvalue weighted by atomic mass is 9.99. The van der Waals surface area contributed by atoms with E-state index in [0.29, 0.717) is 0 Å². The van der Waals surface area contributed by atoms with E-state index in [1.54, 1.807) is 11.7 Å². The first-order chi connectivity index (χ1) is 10.7. The third-order valence-corrected chi connectivity index (χ3v) is 4.26. The van der Waals surface area contributed by atoms with Crippen LogP contribution in [0.25, 0.3) is 22.0 Å². The van der Waals surface area contributed by atoms with E-state index in [1.165, 1.54) is 0 Å². The predicted molar refractivity (Wildman–Crippen MR) is 88.0 cm³/mol. The second kappa shape index (κ2) is 4.60. The number of nitrogens with zero attached hydrogens (tertiary/aromatic N) is 1. The summed E-state index contributed by atoms with van der Waals surface area (Å²) in [7, 11) is 1.63. The number of para-hydroxylation sites is 2. The van der Waals surface area contributed by atoms with Crippen LogP contribution in [0.1, 0.15) is 23.0 Å². The molecule has 1 aliphatic rings. The summed E-state index contributed by atoms with van der Waals surface area (Å²) in [4.78, 5) is 13.0. The Morgan fingerprint density at radius 2 is 1.73 bits per heavy atom. The predicted octanol–water partition coefficient (Wildman–Crippen LogP) is 4.23. The minimum Gasteiger partial charge on any atom is -0.496 e. The molecule has 0 unspecified atom stereocenters. The summed E-state index contributed by atoms with van der Waals surface area (Å²) in [6.45, 7) is 2.00. The molecular formula is C19H15NO2. The second-order valence-corrected chi connectivity index (χ2v) is 5.43. The average Bonchev–Trinajstić information content (AvgIpc) is 3.04. The molecule has 0 spiro atoms. The van der Waals surface area contributed by atoms with Gasteiger partial charge in [0, 0.05) is 10.9 Å². The van der Waals surface area contributed by atoms with Gasteiger partial charge in [-0.2, -0.15) is 0 Å². The monoisotopic (exact) mass is 289 g/mol. The van der Waals surface area contributed by atoms with Gasteiger partial charge in [0.1, 0.15) is 5.75 Å². The van der Waals surface area contributed by atoms with Gasteiger partial charge in [-0.05, 0) is 30.7 Å². The summed E-state index contributed by atoms with van der Waals surface area (Å²) >= 11 is 0. The van der Waals surface area contributed by atoms with Crippen molar-refractivity contribution in [3.63, 3.8) is 0 Å². The van der Waals surface area contributed by atoms with Crippen LogP contribution in [0.2, 0.25) is 0 Å². The molecule has 0 radical (unpaired) electrons. The van der Waals surface area contributed by atoms with E-state index >= 15 is 0 Å². The fourth-order valence-corrected chi connectivity index (χ4v) is 3.22. The summed E-state index contributed by atoms with van der Waals surface area (Å²) < 4.78 is 7.22. The lowest BCUT2D eigenvalue weighted by molar-refractivity contribution is 0.0988. The van der Waals surface area contributed by atoms with Crippen LogP contribution in [0.4, 0.5) is 0 Å². The summed E-state index contributed by atoms with van der Waals surface area (Å²) in [5.41, 5.74) is 4.48. The summed E-state index contributed by atoms with van der Waals surface area (Å²) in [6, 6.07) is 17.7. The van der Waals surface area contributed by atoms with E-state index < -0.39 is 0 Å². The van der Waals surface area contributed by atoms with Crippen molar-refractivity contribution in [3.8, 4) is 5.75 Å². The molecule has 1 aliphatic heterocycles. The van der Waals surface area contributed by atoms with Crippen molar-refractivity contribution in [2.45, 2.75) is 6.92 Å². The van der Waals surface area contributed by atoms with Gasteiger partial charge in [-0.25, -0.2) is 0 Å². The molecule has 22 heavy (non-hydrogen) atoms. The molecule has 2 heterocycles. The molecular weight excluding hydrogens is 274 g/mol. The molecule has 1 aromatic heterocycles. The SMILES string of the molecule is COc1ccccc1C1=C(C)c2cc3ccccc3n2C1=O. The zero-order valence-corrected chi connectivity index (χ0v) is 12.5. The van der Waals surface area contributed by atoms with Gasteiger partial charge in [0.15, 0.2) is 0 Å². The molecule has 0 N–H and O–H groups in total. The standard InChI is InChI=1S/C19H15NO2/c1-12-16-11-13-7-3-5-9-15(13)20(16)19(21)18(12)14-8-4-6-10-17(14)22-2/h3-11H,1-2H3. The van der Waals surface area contributed by atoms with E-state index in [1.807, 2.05) is 55.5 Å². The number of hydrogen-bond acceptors (Lipinski definition) is 2. The Morgan fingerprint density at radius 3 is 2.55 bits per heavy atom. The van der Waals surface area contributed by atoms with Crippen molar-refractivity contribution in [1.29, 1.82) is 0 Å². The number of hydrogen-bond donors (Lipinski definition) is 0. The van der Waals surface area contributed by atoms with Gasteiger partial charge in [0.25, 0.3) is 5.91 Å². The Bertz CT molecular complexity index is 947. The molecule has 4 rings (SSSR count). The molecule has 0 aliphatic carbocycles. The van der Waals surface area contributed by atoms with Crippen LogP contribution in [0.3, 0.4) is 0 Å². The molecule has 3 nitrogen and oxygen atoms in total. The maximum absolute atomic E-state index is 13.0. The first-order valence-electron chi connectivity index (χ1n) is 7.22. The molecule has 0 saturated heterocycles. The molecule has 0 atom stereocenters. The fraction of sp³-hybridized carbons (Fsp3) is 0.105. The maximum atomic E-state index is 13.0. The third-order valence-electron chi connectivity index (χ3n) is 4.26. The van der Waals surface area contributed by atoms with Gasteiger partial charge in [-0.15, -0.1) is 0 Å². The number of fused-ring (bicyclic) bond motifs is 3. The minimum atomic E-state index is 0.0122. The van der Waals surface area contributed by atoms with Crippen LogP contribution in [0, 0.1) is 0 Å². The number of allylic oxidation sites excluding steroid dienone is 2. The Labute approximate surface area is 128 Å². The van der Waals surface area contributed by atoms with Crippen LogP contribution in [-0.4, -0.2) is 17.6 Å². The van der Waals surface area contributed by atoms with E-state index in [9.17, 15) is 4.79 Å². The number of rotatable bonds is 2. The highest BCUT2D eigenvalue weighted by Crippen LogP contribution is 2.40. The quantitative estimate of drug-likeness (QED) is 0.706. The molecule has 0 fully saturated rings. The lowest BCUT2D eigenvalue weighted by Crippen LogP contribution is -2.08. The van der Waals surface area contributed by atoms with Crippen molar-refractivity contribution in [2.75, 3.05) is 7.11 Å². The largest absolute Gasteiger partial charge is 0.496 e. The Morgan fingerprint density at radius 1 is 1.00 bits per heavy atom. The van der Waals surface area contributed by atoms with E-state index in [2.05, 4.69) is 6.07 Å². The minimum absolute atomic E-state index is 0.0122. The van der Waals surface area contributed by atoms with Gasteiger partial charge in [-0.3, -0.25) is 9.36 Å². The number of methoxy groups -OCH3 is 1. The van der Waals surface area contributed by atoms with Crippen LogP contribution >= 0.6 is 0 Å². The third kappa shape index (κ3) is 1.59. The van der Waals surface area contributed by atoms with Gasteiger partial charge in [0.05, 0.1) is 23.9 Å². The topological polar surface area (TPSA) is 31.2 Å². The highest BCUT2D eigenvalue weighted by molar-refractivity contribution is 6.33. The zero-order chi connectivity index (χ0) is 15.3. The summed E-state index contributed by atoms with van der Waals surface area (Å²) in [5, 5.41) is 1.09. The van der Waals surface area contributed by atoms with E-state index in [0.717, 1.165) is 39.1 Å². The molecule has 0 amide bonds. The number of benzene rings is 2. The molecule has 3 heteroatoms. The number of ether oxygens (including phenoxy) is 1. The van der Waals surface area contributed by atoms with Gasteiger partial charge in [-0.1, -0.05) is 36.4 Å². The highest BCUT2D eigenvalue weighted by Gasteiger charge is 2.31. The van der Waals surface area contributed by atoms with Crippen molar-refractivity contribution in [2.24, 2.45) is 0 Å². The van der Waals surface area contributed by atoms with Crippen molar-refractivity contribution < 1.29 is 9.53 Å². The fourth-order valence-electron chi connectivity index (χ4n) is 3.22. The van der Waals surface area contributed by atoms with Crippen molar-refractivity contribution in [3.05, 3.63) is 65.9 Å². The number of carbonyl (C=O) groups excluding carboxylic acids is 1. The first kappa shape index (κ1) is 12.9. The van der Waals surface area contributed by atoms with Crippen LogP contribution in [0.15, 0.2) is 54.6 Å². The first-order valence-corrected chi connectivity index (χ1v) is 7.22. The number of aromatic nitrogens is 1. The average molecular weight is 289 g/mol. The summed E-state index contributed by atoms with van der Waals surface area (Å²) in [6.07, 6.45) is 0. The van der Waals surface area contributed by atoms with Crippen molar-refractivity contribution in [1.82, 2.24) is 4.57 Å². The van der Waals surface area contributed by atoms with E-state index in [4.69, 9.17) is 4.74 Å². The molecule has 0 bridgehead atoms. The highest BCUT2D eigenvalue weighted by atomic mass is 16.5. The van der Waals surface area contributed by atoms with Gasteiger partial charge < -0.3 is 4.74 Å². The van der Waals surface area contributed by atoms with Crippen LogP contribution < -0.4 is 4.74 Å². The molecule has 108 valence electrons. The molecule has 0 saturated carbocycles. The summed E-state index contributed by atoms with van der Waals surface area (Å²) in [5.74, 6) is 0.735.